The summed E-state index contributed by atoms with van der Waals surface area (Å²) in [4.78, 5) is 12.4. The highest BCUT2D eigenvalue weighted by molar-refractivity contribution is 7.99. The van der Waals surface area contributed by atoms with E-state index in [0.29, 0.717) is 27.5 Å². The van der Waals surface area contributed by atoms with Gasteiger partial charge in [-0.1, -0.05) is 43.1 Å². The lowest BCUT2D eigenvalue weighted by Gasteiger charge is -2.21. The van der Waals surface area contributed by atoms with E-state index in [1.807, 2.05) is 32.0 Å². The quantitative estimate of drug-likeness (QED) is 0.506. The maximum Gasteiger partial charge on any atom is 0.230 e. The van der Waals surface area contributed by atoms with Crippen molar-refractivity contribution in [1.82, 2.24) is 5.32 Å². The molecule has 0 aromatic heterocycles. The Morgan fingerprint density at radius 3 is 2.43 bits per heavy atom. The second kappa shape index (κ2) is 10.4. The monoisotopic (exact) mass is 439 g/mol. The van der Waals surface area contributed by atoms with E-state index in [1.165, 1.54) is 0 Å². The fourth-order valence-corrected chi connectivity index (χ4v) is 4.17. The highest BCUT2D eigenvalue weighted by Gasteiger charge is 2.17. The van der Waals surface area contributed by atoms with Crippen LogP contribution in [-0.2, 0) is 10.5 Å². The van der Waals surface area contributed by atoms with Gasteiger partial charge in [-0.2, -0.15) is 0 Å². The molecule has 1 amide bonds. The molecular weight excluding hydrogens is 413 g/mol. The number of hydrogen-bond donors (Lipinski definition) is 1. The van der Waals surface area contributed by atoms with Gasteiger partial charge in [-0.15, -0.1) is 11.8 Å². The minimum Gasteiger partial charge on any atom is -0.496 e. The molecule has 0 radical (unpaired) electrons. The molecule has 0 bridgehead atoms. The normalized spacial score (nSPS) is 12.1. The van der Waals surface area contributed by atoms with Gasteiger partial charge < -0.3 is 10.1 Å². The number of carbonyl (C=O) groups is 1. The first-order valence-electron chi connectivity index (χ1n) is 9.22. The standard InChI is InChI=1S/C22H27Cl2NO2S/c1-13(2)17-10-18(14(3)8-21(17)27-5)15(4)25-22(26)12-28-11-16-6-7-19(23)20(24)9-16/h6-10,13,15H,11-12H2,1-5H3,(H,25,26). The van der Waals surface area contributed by atoms with Gasteiger partial charge in [-0.25, -0.2) is 0 Å². The predicted molar refractivity (Wildman–Crippen MR) is 121 cm³/mol. The first kappa shape index (κ1) is 22.9. The van der Waals surface area contributed by atoms with Crippen LogP contribution in [0.4, 0.5) is 0 Å². The van der Waals surface area contributed by atoms with E-state index >= 15 is 0 Å². The third-order valence-corrected chi connectivity index (χ3v) is 6.31. The third kappa shape index (κ3) is 6.07. The van der Waals surface area contributed by atoms with Crippen molar-refractivity contribution in [2.75, 3.05) is 12.9 Å². The zero-order valence-electron chi connectivity index (χ0n) is 16.9. The first-order chi connectivity index (χ1) is 13.2. The number of thioether (sulfide) groups is 1. The first-order valence-corrected chi connectivity index (χ1v) is 11.1. The van der Waals surface area contributed by atoms with Crippen molar-refractivity contribution in [3.63, 3.8) is 0 Å². The molecule has 0 aliphatic heterocycles. The van der Waals surface area contributed by atoms with E-state index in [1.54, 1.807) is 24.9 Å². The summed E-state index contributed by atoms with van der Waals surface area (Å²) in [6.45, 7) is 8.34. The lowest BCUT2D eigenvalue weighted by atomic mass is 9.93. The van der Waals surface area contributed by atoms with Gasteiger partial charge >= 0.3 is 0 Å². The van der Waals surface area contributed by atoms with Crippen molar-refractivity contribution in [2.24, 2.45) is 0 Å². The van der Waals surface area contributed by atoms with Gasteiger partial charge in [0.05, 0.1) is 28.9 Å². The number of hydrogen-bond acceptors (Lipinski definition) is 3. The van der Waals surface area contributed by atoms with Crippen LogP contribution in [0, 0.1) is 6.92 Å². The Morgan fingerprint density at radius 1 is 1.11 bits per heavy atom. The van der Waals surface area contributed by atoms with Crippen LogP contribution >= 0.6 is 35.0 Å². The number of aryl methyl sites for hydroxylation is 1. The summed E-state index contributed by atoms with van der Waals surface area (Å²) in [5.41, 5.74) is 4.43. The molecule has 6 heteroatoms. The Balaban J connectivity index is 1.96. The molecule has 1 unspecified atom stereocenters. The molecule has 0 aliphatic rings. The Bertz CT molecular complexity index is 840. The summed E-state index contributed by atoms with van der Waals surface area (Å²) in [6.07, 6.45) is 0. The third-order valence-electron chi connectivity index (χ3n) is 4.57. The van der Waals surface area contributed by atoms with Crippen LogP contribution in [-0.4, -0.2) is 18.8 Å². The minimum absolute atomic E-state index is 0.0128. The van der Waals surface area contributed by atoms with Gasteiger partial charge in [0.25, 0.3) is 0 Å². The molecule has 2 aromatic rings. The molecule has 0 fully saturated rings. The number of halogens is 2. The summed E-state index contributed by atoms with van der Waals surface area (Å²) < 4.78 is 5.51. The zero-order valence-corrected chi connectivity index (χ0v) is 19.3. The number of nitrogens with one attached hydrogen (secondary N) is 1. The second-order valence-electron chi connectivity index (χ2n) is 7.14. The van der Waals surface area contributed by atoms with Crippen LogP contribution in [0.3, 0.4) is 0 Å². The lowest BCUT2D eigenvalue weighted by molar-refractivity contribution is -0.119. The maximum absolute atomic E-state index is 12.4. The van der Waals surface area contributed by atoms with Crippen molar-refractivity contribution in [3.05, 3.63) is 62.6 Å². The van der Waals surface area contributed by atoms with Crippen molar-refractivity contribution in [1.29, 1.82) is 0 Å². The van der Waals surface area contributed by atoms with Gasteiger partial charge in [-0.05, 0) is 66.3 Å². The average Bonchev–Trinajstić information content (AvgIpc) is 2.63. The van der Waals surface area contributed by atoms with Gasteiger partial charge in [0.1, 0.15) is 5.75 Å². The average molecular weight is 440 g/mol. The Labute approximate surface area is 182 Å². The largest absolute Gasteiger partial charge is 0.496 e. The molecular formula is C22H27Cl2NO2S. The molecule has 152 valence electrons. The summed E-state index contributed by atoms with van der Waals surface area (Å²) in [6, 6.07) is 9.67. The zero-order chi connectivity index (χ0) is 20.8. The minimum atomic E-state index is -0.0681. The van der Waals surface area contributed by atoms with Crippen molar-refractivity contribution < 1.29 is 9.53 Å². The molecule has 2 aromatic carbocycles. The number of methoxy groups -OCH3 is 1. The number of benzene rings is 2. The predicted octanol–water partition coefficient (Wildman–Crippen LogP) is 6.54. The SMILES string of the molecule is COc1cc(C)c(C(C)NC(=O)CSCc2ccc(Cl)c(Cl)c2)cc1C(C)C. The fraction of sp³-hybridized carbons (Fsp3) is 0.409. The van der Waals surface area contributed by atoms with E-state index in [-0.39, 0.29) is 11.9 Å². The van der Waals surface area contributed by atoms with Gasteiger partial charge in [0.15, 0.2) is 0 Å². The summed E-state index contributed by atoms with van der Waals surface area (Å²) in [5, 5.41) is 4.17. The highest BCUT2D eigenvalue weighted by atomic mass is 35.5. The second-order valence-corrected chi connectivity index (χ2v) is 8.94. The van der Waals surface area contributed by atoms with Crippen molar-refractivity contribution >= 4 is 40.9 Å². The van der Waals surface area contributed by atoms with Crippen LogP contribution in [0.1, 0.15) is 55.0 Å². The van der Waals surface area contributed by atoms with Crippen LogP contribution < -0.4 is 10.1 Å². The number of amides is 1. The van der Waals surface area contributed by atoms with Gasteiger partial charge in [0.2, 0.25) is 5.91 Å². The van der Waals surface area contributed by atoms with Crippen molar-refractivity contribution in [2.45, 2.75) is 45.4 Å². The molecule has 0 heterocycles. The molecule has 1 N–H and O–H groups in total. The van der Waals surface area contributed by atoms with E-state index in [4.69, 9.17) is 27.9 Å². The number of ether oxygens (including phenoxy) is 1. The van der Waals surface area contributed by atoms with E-state index in [2.05, 4.69) is 25.2 Å². The van der Waals surface area contributed by atoms with Gasteiger partial charge in [-0.3, -0.25) is 4.79 Å². The molecule has 0 spiro atoms. The summed E-state index contributed by atoms with van der Waals surface area (Å²) >= 11 is 13.5. The Hall–Kier alpha value is -1.36. The van der Waals surface area contributed by atoms with Crippen LogP contribution in [0.15, 0.2) is 30.3 Å². The molecule has 0 saturated heterocycles. The maximum atomic E-state index is 12.4. The molecule has 1 atom stereocenters. The van der Waals surface area contributed by atoms with E-state index < -0.39 is 0 Å². The molecule has 0 saturated carbocycles. The lowest BCUT2D eigenvalue weighted by Crippen LogP contribution is -2.28. The molecule has 2 rings (SSSR count). The Morgan fingerprint density at radius 2 is 1.82 bits per heavy atom. The number of carbonyl (C=O) groups excluding carboxylic acids is 1. The molecule has 28 heavy (non-hydrogen) atoms. The van der Waals surface area contributed by atoms with Crippen LogP contribution in [0.2, 0.25) is 10.0 Å². The smallest absolute Gasteiger partial charge is 0.230 e. The number of rotatable bonds is 8. The highest BCUT2D eigenvalue weighted by Crippen LogP contribution is 2.32. The van der Waals surface area contributed by atoms with Crippen LogP contribution in [0.5, 0.6) is 5.75 Å². The molecule has 0 aliphatic carbocycles. The Kier molecular flexibility index (Phi) is 8.54. The van der Waals surface area contributed by atoms with Crippen LogP contribution in [0.25, 0.3) is 0 Å². The molecule has 3 nitrogen and oxygen atoms in total. The van der Waals surface area contributed by atoms with E-state index in [0.717, 1.165) is 28.0 Å². The van der Waals surface area contributed by atoms with Gasteiger partial charge in [0, 0.05) is 5.75 Å². The fourth-order valence-electron chi connectivity index (χ4n) is 3.06. The summed E-state index contributed by atoms with van der Waals surface area (Å²) in [5.74, 6) is 2.35. The van der Waals surface area contributed by atoms with E-state index in [9.17, 15) is 4.79 Å². The topological polar surface area (TPSA) is 38.3 Å². The van der Waals surface area contributed by atoms with Crippen molar-refractivity contribution in [3.8, 4) is 5.75 Å². The summed E-state index contributed by atoms with van der Waals surface area (Å²) in [7, 11) is 1.69.